The minimum atomic E-state index is -0.691. The van der Waals surface area contributed by atoms with E-state index in [-0.39, 0.29) is 28.1 Å². The highest BCUT2D eigenvalue weighted by Gasteiger charge is 2.39. The summed E-state index contributed by atoms with van der Waals surface area (Å²) in [6.45, 7) is 5.30. The van der Waals surface area contributed by atoms with Crippen molar-refractivity contribution in [1.82, 2.24) is 0 Å². The van der Waals surface area contributed by atoms with Crippen LogP contribution in [0.3, 0.4) is 0 Å². The first-order valence-electron chi connectivity index (χ1n) is 11.6. The van der Waals surface area contributed by atoms with Gasteiger partial charge in [0.05, 0.1) is 17.4 Å². The highest BCUT2D eigenvalue weighted by Crippen LogP contribution is 2.32. The van der Waals surface area contributed by atoms with Crippen molar-refractivity contribution in [2.24, 2.45) is 0 Å². The molecule has 0 aliphatic carbocycles. The first kappa shape index (κ1) is 26.9. The molecule has 1 aliphatic heterocycles. The Bertz CT molecular complexity index is 1500. The molecule has 3 aromatic carbocycles. The van der Waals surface area contributed by atoms with E-state index in [0.717, 1.165) is 10.5 Å². The number of benzene rings is 3. The van der Waals surface area contributed by atoms with E-state index in [1.54, 1.807) is 69.3 Å². The summed E-state index contributed by atoms with van der Waals surface area (Å²) in [4.78, 5) is 51.9. The number of amides is 3. The molecule has 0 bridgehead atoms. The molecule has 0 saturated carbocycles. The third-order valence-electron chi connectivity index (χ3n) is 5.53. The lowest BCUT2D eigenvalue weighted by Gasteiger charge is -2.16. The molecule has 1 heterocycles. The number of nitrogens with zero attached hydrogens (tertiary/aromatic N) is 1. The zero-order valence-corrected chi connectivity index (χ0v) is 22.2. The second-order valence-electron chi connectivity index (χ2n) is 8.76. The molecular weight excluding hydrogens is 529 g/mol. The van der Waals surface area contributed by atoms with Crippen molar-refractivity contribution in [3.8, 4) is 0 Å². The quantitative estimate of drug-likeness (QED) is 0.279. The van der Waals surface area contributed by atoms with E-state index < -0.39 is 23.7 Å². The van der Waals surface area contributed by atoms with Gasteiger partial charge in [0, 0.05) is 22.0 Å². The normalized spacial score (nSPS) is 13.3. The van der Waals surface area contributed by atoms with Crippen LogP contribution in [0.1, 0.15) is 40.1 Å². The fraction of sp³-hybridized carbons (Fsp3) is 0.143. The maximum Gasteiger partial charge on any atom is 0.338 e. The van der Waals surface area contributed by atoms with Crippen molar-refractivity contribution in [3.05, 3.63) is 99.2 Å². The lowest BCUT2D eigenvalue weighted by atomic mass is 10.1. The molecule has 3 amide bonds. The van der Waals surface area contributed by atoms with Crippen LogP contribution in [-0.2, 0) is 14.3 Å². The third-order valence-corrected chi connectivity index (χ3v) is 6.29. The summed E-state index contributed by atoms with van der Waals surface area (Å²) in [5.41, 5.74) is 2.30. The Labute approximate surface area is 229 Å². The summed E-state index contributed by atoms with van der Waals surface area (Å²) in [6, 6.07) is 17.5. The van der Waals surface area contributed by atoms with E-state index in [1.807, 2.05) is 0 Å². The summed E-state index contributed by atoms with van der Waals surface area (Å²) in [5, 5.41) is 5.71. The average Bonchev–Trinajstić information content (AvgIpc) is 3.08. The number of carbonyl (C=O) groups excluding carboxylic acids is 4. The second kappa shape index (κ2) is 11.1. The van der Waals surface area contributed by atoms with Crippen LogP contribution in [0.25, 0.3) is 0 Å². The number of ether oxygens (including phenoxy) is 1. The van der Waals surface area contributed by atoms with E-state index in [2.05, 4.69) is 10.6 Å². The van der Waals surface area contributed by atoms with E-state index in [0.29, 0.717) is 22.0 Å². The van der Waals surface area contributed by atoms with Crippen LogP contribution in [-0.4, -0.2) is 29.8 Å². The number of hydrogen-bond acceptors (Lipinski definition) is 6. The monoisotopic (exact) mass is 551 g/mol. The van der Waals surface area contributed by atoms with Gasteiger partial charge in [-0.05, 0) is 74.9 Å². The number of carbonyl (C=O) groups is 4. The highest BCUT2D eigenvalue weighted by atomic mass is 35.5. The molecule has 0 spiro atoms. The van der Waals surface area contributed by atoms with Gasteiger partial charge in [0.2, 0.25) is 0 Å². The predicted molar refractivity (Wildman–Crippen MR) is 147 cm³/mol. The molecule has 0 aromatic heterocycles. The Hall–Kier alpha value is -4.14. The van der Waals surface area contributed by atoms with Gasteiger partial charge in [-0.25, -0.2) is 9.69 Å². The van der Waals surface area contributed by atoms with Crippen LogP contribution in [0.2, 0.25) is 5.02 Å². The van der Waals surface area contributed by atoms with Crippen LogP contribution in [0.15, 0.2) is 77.5 Å². The van der Waals surface area contributed by atoms with Gasteiger partial charge in [-0.3, -0.25) is 14.4 Å². The number of hydrogen-bond donors (Lipinski definition) is 2. The van der Waals surface area contributed by atoms with Crippen molar-refractivity contribution in [3.63, 3.8) is 0 Å². The molecule has 4 rings (SSSR count). The number of esters is 1. The average molecular weight is 552 g/mol. The maximum absolute atomic E-state index is 13.1. The molecule has 194 valence electrons. The molecule has 0 unspecified atom stereocenters. The van der Waals surface area contributed by atoms with Crippen LogP contribution in [0.4, 0.5) is 17.1 Å². The summed E-state index contributed by atoms with van der Waals surface area (Å²) in [7, 11) is 0. The Morgan fingerprint density at radius 2 is 1.53 bits per heavy atom. The predicted octanol–water partition coefficient (Wildman–Crippen LogP) is 5.90. The molecule has 0 fully saturated rings. The van der Waals surface area contributed by atoms with Crippen LogP contribution >= 0.6 is 23.2 Å². The summed E-state index contributed by atoms with van der Waals surface area (Å²) in [6.07, 6.45) is -0.275. The van der Waals surface area contributed by atoms with Crippen molar-refractivity contribution in [2.75, 3.05) is 15.5 Å². The minimum absolute atomic E-state index is 0.123. The van der Waals surface area contributed by atoms with Gasteiger partial charge in [0.25, 0.3) is 17.7 Å². The molecule has 38 heavy (non-hydrogen) atoms. The molecule has 1 aliphatic rings. The van der Waals surface area contributed by atoms with E-state index >= 15 is 0 Å². The zero-order chi connectivity index (χ0) is 27.6. The van der Waals surface area contributed by atoms with Gasteiger partial charge in [-0.1, -0.05) is 41.4 Å². The molecule has 0 saturated heterocycles. The van der Waals surface area contributed by atoms with E-state index in [1.165, 1.54) is 18.2 Å². The van der Waals surface area contributed by atoms with Crippen LogP contribution in [0.5, 0.6) is 0 Å². The van der Waals surface area contributed by atoms with Crippen LogP contribution in [0, 0.1) is 6.92 Å². The molecule has 0 radical (unpaired) electrons. The van der Waals surface area contributed by atoms with E-state index in [9.17, 15) is 19.2 Å². The lowest BCUT2D eigenvalue weighted by Crippen LogP contribution is -2.32. The van der Waals surface area contributed by atoms with Gasteiger partial charge in [0.1, 0.15) is 10.7 Å². The van der Waals surface area contributed by atoms with Crippen LogP contribution < -0.4 is 15.5 Å². The molecule has 8 nitrogen and oxygen atoms in total. The first-order valence-corrected chi connectivity index (χ1v) is 12.3. The summed E-state index contributed by atoms with van der Waals surface area (Å²) < 4.78 is 5.20. The number of nitrogens with one attached hydrogen (secondary N) is 2. The Kier molecular flexibility index (Phi) is 7.85. The number of imide groups is 1. The molecular formula is C28H23Cl2N3O5. The molecule has 10 heteroatoms. The van der Waals surface area contributed by atoms with Crippen molar-refractivity contribution in [1.29, 1.82) is 0 Å². The van der Waals surface area contributed by atoms with Crippen molar-refractivity contribution < 1.29 is 23.9 Å². The van der Waals surface area contributed by atoms with Gasteiger partial charge in [-0.15, -0.1) is 0 Å². The number of aryl methyl sites for hydroxylation is 1. The standard InChI is InChI=1S/C28H23Cl2N3O5/c1-15(2)38-28(37)18-7-5-9-20(13-18)32-25(34)17-6-4-8-19(12-17)31-24-23(30)26(35)33(27(24)36)21-11-10-16(3)22(29)14-21/h4-15,31H,1-3H3,(H,32,34). The summed E-state index contributed by atoms with van der Waals surface area (Å²) in [5.74, 6) is -2.29. The summed E-state index contributed by atoms with van der Waals surface area (Å²) >= 11 is 12.4. The van der Waals surface area contributed by atoms with Gasteiger partial charge < -0.3 is 15.4 Å². The fourth-order valence-corrected chi connectivity index (χ4v) is 4.05. The SMILES string of the molecule is Cc1ccc(N2C(=O)C(Cl)=C(Nc3cccc(C(=O)Nc4cccc(C(=O)OC(C)C)c4)c3)C2=O)cc1Cl. The number of halogens is 2. The largest absolute Gasteiger partial charge is 0.459 e. The molecule has 0 atom stereocenters. The van der Waals surface area contributed by atoms with Gasteiger partial charge in [0.15, 0.2) is 0 Å². The van der Waals surface area contributed by atoms with Crippen molar-refractivity contribution >= 4 is 64.0 Å². The maximum atomic E-state index is 13.1. The smallest absolute Gasteiger partial charge is 0.338 e. The minimum Gasteiger partial charge on any atom is -0.459 e. The van der Waals surface area contributed by atoms with Gasteiger partial charge >= 0.3 is 5.97 Å². The Morgan fingerprint density at radius 1 is 0.868 bits per heavy atom. The van der Waals surface area contributed by atoms with Crippen molar-refractivity contribution in [2.45, 2.75) is 26.9 Å². The number of anilines is 3. The first-order chi connectivity index (χ1) is 18.0. The zero-order valence-electron chi connectivity index (χ0n) is 20.7. The van der Waals surface area contributed by atoms with Gasteiger partial charge in [-0.2, -0.15) is 0 Å². The Balaban J connectivity index is 1.50. The Morgan fingerprint density at radius 3 is 2.21 bits per heavy atom. The molecule has 2 N–H and O–H groups in total. The highest BCUT2D eigenvalue weighted by molar-refractivity contribution is 6.53. The third kappa shape index (κ3) is 5.72. The topological polar surface area (TPSA) is 105 Å². The molecule has 3 aromatic rings. The number of rotatable bonds is 7. The fourth-order valence-electron chi connectivity index (χ4n) is 3.66. The lowest BCUT2D eigenvalue weighted by molar-refractivity contribution is -0.120. The second-order valence-corrected chi connectivity index (χ2v) is 9.55. The van der Waals surface area contributed by atoms with E-state index in [4.69, 9.17) is 27.9 Å².